The van der Waals surface area contributed by atoms with Crippen molar-refractivity contribution in [2.24, 2.45) is 0 Å². The first kappa shape index (κ1) is 13.5. The quantitative estimate of drug-likeness (QED) is 0.895. The Morgan fingerprint density at radius 2 is 1.89 bits per heavy atom. The molecular formula is C13H14N2O3S. The Labute approximate surface area is 112 Å². The number of anilines is 1. The van der Waals surface area contributed by atoms with E-state index in [0.717, 1.165) is 0 Å². The molecule has 2 rings (SSSR count). The second-order valence-electron chi connectivity index (χ2n) is 4.09. The number of aliphatic hydroxyl groups is 1. The van der Waals surface area contributed by atoms with E-state index in [0.29, 0.717) is 11.3 Å². The molecule has 0 amide bonds. The van der Waals surface area contributed by atoms with Gasteiger partial charge in [-0.2, -0.15) is 0 Å². The maximum atomic E-state index is 12.2. The fourth-order valence-electron chi connectivity index (χ4n) is 1.58. The summed E-state index contributed by atoms with van der Waals surface area (Å²) in [5.74, 6) is 0. The van der Waals surface area contributed by atoms with Crippen molar-refractivity contribution < 1.29 is 13.5 Å². The molecule has 0 aliphatic heterocycles. The van der Waals surface area contributed by atoms with E-state index in [2.05, 4.69) is 9.71 Å². The number of aromatic nitrogens is 1. The van der Waals surface area contributed by atoms with Gasteiger partial charge in [0.1, 0.15) is 0 Å². The van der Waals surface area contributed by atoms with Crippen LogP contribution in [0.25, 0.3) is 0 Å². The predicted octanol–water partition coefficient (Wildman–Crippen LogP) is 1.94. The maximum Gasteiger partial charge on any atom is 0.261 e. The van der Waals surface area contributed by atoms with E-state index < -0.39 is 16.1 Å². The molecular weight excluding hydrogens is 264 g/mol. The molecule has 0 radical (unpaired) electrons. The fourth-order valence-corrected chi connectivity index (χ4v) is 2.69. The first-order valence-corrected chi connectivity index (χ1v) is 7.18. The van der Waals surface area contributed by atoms with E-state index in [1.165, 1.54) is 24.5 Å². The van der Waals surface area contributed by atoms with Gasteiger partial charge in [0.2, 0.25) is 0 Å². The molecule has 1 aromatic carbocycles. The summed E-state index contributed by atoms with van der Waals surface area (Å²) in [6.45, 7) is 1.59. The van der Waals surface area contributed by atoms with Gasteiger partial charge in [-0.1, -0.05) is 12.1 Å². The number of nitrogens with one attached hydrogen (secondary N) is 1. The van der Waals surface area contributed by atoms with Crippen molar-refractivity contribution in [3.8, 4) is 0 Å². The molecule has 1 unspecified atom stereocenters. The Hall–Kier alpha value is -1.92. The second-order valence-corrected chi connectivity index (χ2v) is 5.77. The Balaban J connectivity index is 2.32. The monoisotopic (exact) mass is 278 g/mol. The van der Waals surface area contributed by atoms with Crippen molar-refractivity contribution >= 4 is 15.7 Å². The number of aliphatic hydroxyl groups excluding tert-OH is 1. The molecule has 0 saturated carbocycles. The second kappa shape index (κ2) is 5.38. The van der Waals surface area contributed by atoms with E-state index >= 15 is 0 Å². The number of hydrogen-bond acceptors (Lipinski definition) is 4. The van der Waals surface area contributed by atoms with Gasteiger partial charge in [0.15, 0.2) is 0 Å². The fraction of sp³-hybridized carbons (Fsp3) is 0.154. The number of nitrogens with zero attached hydrogens (tertiary/aromatic N) is 1. The van der Waals surface area contributed by atoms with Crippen molar-refractivity contribution in [1.29, 1.82) is 0 Å². The molecule has 0 spiro atoms. The third-order valence-corrected chi connectivity index (χ3v) is 3.96. The van der Waals surface area contributed by atoms with Crippen molar-refractivity contribution in [3.63, 3.8) is 0 Å². The lowest BCUT2D eigenvalue weighted by Crippen LogP contribution is -2.13. The summed E-state index contributed by atoms with van der Waals surface area (Å²) >= 11 is 0. The molecule has 0 fully saturated rings. The zero-order chi connectivity index (χ0) is 13.9. The molecule has 5 nitrogen and oxygen atoms in total. The van der Waals surface area contributed by atoms with Crippen molar-refractivity contribution in [3.05, 3.63) is 54.4 Å². The van der Waals surface area contributed by atoms with Crippen molar-refractivity contribution in [2.45, 2.75) is 17.9 Å². The van der Waals surface area contributed by atoms with Crippen molar-refractivity contribution in [2.75, 3.05) is 4.72 Å². The van der Waals surface area contributed by atoms with E-state index in [1.54, 1.807) is 31.2 Å². The SMILES string of the molecule is CC(O)c1cccc(S(=O)(=O)Nc2ccncc2)c1. The molecule has 0 saturated heterocycles. The average molecular weight is 278 g/mol. The molecule has 0 aliphatic rings. The minimum atomic E-state index is -3.66. The average Bonchev–Trinajstić information content (AvgIpc) is 2.39. The van der Waals surface area contributed by atoms with Crippen LogP contribution in [-0.2, 0) is 10.0 Å². The van der Waals surface area contributed by atoms with Crippen LogP contribution in [0.4, 0.5) is 5.69 Å². The maximum absolute atomic E-state index is 12.2. The Bertz CT molecular complexity index is 655. The molecule has 100 valence electrons. The van der Waals surface area contributed by atoms with Gasteiger partial charge >= 0.3 is 0 Å². The lowest BCUT2D eigenvalue weighted by molar-refractivity contribution is 0.199. The molecule has 0 aliphatic carbocycles. The Kier molecular flexibility index (Phi) is 3.82. The summed E-state index contributed by atoms with van der Waals surface area (Å²) in [7, 11) is -3.66. The summed E-state index contributed by atoms with van der Waals surface area (Å²) in [5, 5.41) is 9.48. The molecule has 2 aromatic rings. The van der Waals surface area contributed by atoms with E-state index in [4.69, 9.17) is 0 Å². The van der Waals surface area contributed by atoms with E-state index in [9.17, 15) is 13.5 Å². The van der Waals surface area contributed by atoms with Crippen LogP contribution in [0.3, 0.4) is 0 Å². The molecule has 19 heavy (non-hydrogen) atoms. The summed E-state index contributed by atoms with van der Waals surface area (Å²) in [5.41, 5.74) is 0.995. The number of rotatable bonds is 4. The molecule has 1 atom stereocenters. The lowest BCUT2D eigenvalue weighted by Gasteiger charge is -2.10. The minimum absolute atomic E-state index is 0.114. The molecule has 0 bridgehead atoms. The van der Waals surface area contributed by atoms with Crippen LogP contribution in [0.1, 0.15) is 18.6 Å². The van der Waals surface area contributed by atoms with Crippen LogP contribution in [0.5, 0.6) is 0 Å². The standard InChI is InChI=1S/C13H14N2O3S/c1-10(16)11-3-2-4-13(9-11)19(17,18)15-12-5-7-14-8-6-12/h2-10,16H,1H3,(H,14,15). The van der Waals surface area contributed by atoms with Gasteiger partial charge in [-0.05, 0) is 36.8 Å². The largest absolute Gasteiger partial charge is 0.389 e. The third-order valence-electron chi connectivity index (χ3n) is 2.58. The highest BCUT2D eigenvalue weighted by Crippen LogP contribution is 2.19. The summed E-state index contributed by atoms with van der Waals surface area (Å²) in [4.78, 5) is 3.93. The molecule has 1 heterocycles. The van der Waals surface area contributed by atoms with Crippen LogP contribution >= 0.6 is 0 Å². The number of hydrogen-bond donors (Lipinski definition) is 2. The molecule has 6 heteroatoms. The van der Waals surface area contributed by atoms with Crippen LogP contribution < -0.4 is 4.72 Å². The normalized spacial score (nSPS) is 12.9. The van der Waals surface area contributed by atoms with Gasteiger partial charge in [-0.3, -0.25) is 9.71 Å². The summed E-state index contributed by atoms with van der Waals surface area (Å²) < 4.78 is 26.8. The zero-order valence-electron chi connectivity index (χ0n) is 10.3. The van der Waals surface area contributed by atoms with Gasteiger partial charge in [0.25, 0.3) is 10.0 Å². The van der Waals surface area contributed by atoms with Gasteiger partial charge in [-0.25, -0.2) is 8.42 Å². The van der Waals surface area contributed by atoms with Crippen LogP contribution in [-0.4, -0.2) is 18.5 Å². The van der Waals surface area contributed by atoms with Gasteiger partial charge in [0, 0.05) is 12.4 Å². The van der Waals surface area contributed by atoms with E-state index in [1.807, 2.05) is 0 Å². The summed E-state index contributed by atoms with van der Waals surface area (Å²) in [6.07, 6.45) is 2.30. The van der Waals surface area contributed by atoms with Gasteiger partial charge in [0.05, 0.1) is 16.7 Å². The minimum Gasteiger partial charge on any atom is -0.389 e. The first-order chi connectivity index (χ1) is 8.99. The lowest BCUT2D eigenvalue weighted by atomic mass is 10.1. The molecule has 1 aromatic heterocycles. The number of pyridine rings is 1. The highest BCUT2D eigenvalue weighted by atomic mass is 32.2. The van der Waals surface area contributed by atoms with E-state index in [-0.39, 0.29) is 4.90 Å². The predicted molar refractivity (Wildman–Crippen MR) is 72.1 cm³/mol. The first-order valence-electron chi connectivity index (χ1n) is 5.70. The third kappa shape index (κ3) is 3.30. The topological polar surface area (TPSA) is 79.3 Å². The van der Waals surface area contributed by atoms with Crippen molar-refractivity contribution in [1.82, 2.24) is 4.98 Å². The van der Waals surface area contributed by atoms with Crippen LogP contribution in [0.2, 0.25) is 0 Å². The van der Waals surface area contributed by atoms with Crippen LogP contribution in [0, 0.1) is 0 Å². The number of benzene rings is 1. The van der Waals surface area contributed by atoms with Crippen LogP contribution in [0.15, 0.2) is 53.7 Å². The zero-order valence-corrected chi connectivity index (χ0v) is 11.1. The summed E-state index contributed by atoms with van der Waals surface area (Å²) in [6, 6.07) is 9.34. The smallest absolute Gasteiger partial charge is 0.261 e. The molecule has 2 N–H and O–H groups in total. The Morgan fingerprint density at radius 3 is 2.53 bits per heavy atom. The van der Waals surface area contributed by atoms with Gasteiger partial charge < -0.3 is 5.11 Å². The number of sulfonamides is 1. The highest BCUT2D eigenvalue weighted by Gasteiger charge is 2.15. The van der Waals surface area contributed by atoms with Gasteiger partial charge in [-0.15, -0.1) is 0 Å². The highest BCUT2D eigenvalue weighted by molar-refractivity contribution is 7.92. The Morgan fingerprint density at radius 1 is 1.21 bits per heavy atom.